The summed E-state index contributed by atoms with van der Waals surface area (Å²) in [5.74, 6) is 0. The number of rotatable bonds is 3. The Labute approximate surface area is 83.2 Å². The summed E-state index contributed by atoms with van der Waals surface area (Å²) in [4.78, 5) is 0. The van der Waals surface area contributed by atoms with E-state index in [1.165, 1.54) is 18.5 Å². The Bertz CT molecular complexity index is 175. The molecule has 0 aliphatic carbocycles. The van der Waals surface area contributed by atoms with E-state index in [1.807, 2.05) is 0 Å². The molecule has 0 bridgehead atoms. The number of hydrogen-bond donors (Lipinski definition) is 0. The Morgan fingerprint density at radius 1 is 1.46 bits per heavy atom. The molecule has 1 unspecified atom stereocenters. The van der Waals surface area contributed by atoms with Gasteiger partial charge in [-0.2, -0.15) is 0 Å². The van der Waals surface area contributed by atoms with Gasteiger partial charge >= 0.3 is 0 Å². The zero-order valence-electron chi connectivity index (χ0n) is 9.18. The Hall–Kier alpha value is -0.0831. The zero-order valence-corrected chi connectivity index (χ0v) is 10.2. The summed E-state index contributed by atoms with van der Waals surface area (Å²) >= 11 is 0. The van der Waals surface area contributed by atoms with Crippen LogP contribution in [-0.4, -0.2) is 20.8 Å². The van der Waals surface area contributed by atoms with Gasteiger partial charge in [-0.15, -0.1) is 0 Å². The van der Waals surface area contributed by atoms with E-state index < -0.39 is 8.07 Å². The lowest BCUT2D eigenvalue weighted by Gasteiger charge is -2.24. The van der Waals surface area contributed by atoms with E-state index in [0.717, 1.165) is 13.0 Å². The molecule has 0 aromatic carbocycles. The molecule has 0 radical (unpaired) electrons. The van der Waals surface area contributed by atoms with Crippen LogP contribution in [0, 0.1) is 0 Å². The molecule has 0 saturated carbocycles. The third-order valence-electron chi connectivity index (χ3n) is 2.63. The average Bonchev–Trinajstić information content (AvgIpc) is 2.22. The first-order valence-electron chi connectivity index (χ1n) is 5.42. The van der Waals surface area contributed by atoms with Gasteiger partial charge in [-0.1, -0.05) is 38.2 Å². The molecular weight excluding hydrogens is 176 g/mol. The van der Waals surface area contributed by atoms with Crippen molar-refractivity contribution in [3.8, 4) is 0 Å². The SMILES string of the molecule is CCCOC1C=CCC[Si](C)(C)C1. The number of hydrogen-bond acceptors (Lipinski definition) is 1. The topological polar surface area (TPSA) is 9.23 Å². The highest BCUT2D eigenvalue weighted by Gasteiger charge is 2.25. The van der Waals surface area contributed by atoms with Crippen molar-refractivity contribution in [2.45, 2.75) is 51.1 Å². The zero-order chi connectivity index (χ0) is 9.73. The van der Waals surface area contributed by atoms with Crippen molar-refractivity contribution in [2.75, 3.05) is 6.61 Å². The fraction of sp³-hybridized carbons (Fsp3) is 0.818. The molecule has 1 rings (SSSR count). The highest BCUT2D eigenvalue weighted by Crippen LogP contribution is 2.25. The van der Waals surface area contributed by atoms with Crippen LogP contribution in [0.5, 0.6) is 0 Å². The Morgan fingerprint density at radius 3 is 2.92 bits per heavy atom. The summed E-state index contributed by atoms with van der Waals surface area (Å²) in [7, 11) is -0.941. The molecule has 1 heterocycles. The van der Waals surface area contributed by atoms with Gasteiger partial charge in [0.1, 0.15) is 0 Å². The predicted molar refractivity (Wildman–Crippen MR) is 60.9 cm³/mol. The Kier molecular flexibility index (Phi) is 4.20. The summed E-state index contributed by atoms with van der Waals surface area (Å²) < 4.78 is 5.80. The molecule has 1 aliphatic rings. The standard InChI is InChI=1S/C11H22OSi/c1-4-8-12-11-7-5-6-9-13(2,3)10-11/h5,7,11H,4,6,8-10H2,1-3H3. The van der Waals surface area contributed by atoms with Crippen LogP contribution >= 0.6 is 0 Å². The van der Waals surface area contributed by atoms with Crippen LogP contribution in [0.3, 0.4) is 0 Å². The minimum atomic E-state index is -0.941. The van der Waals surface area contributed by atoms with Crippen molar-refractivity contribution in [2.24, 2.45) is 0 Å². The van der Waals surface area contributed by atoms with Crippen LogP contribution in [0.1, 0.15) is 19.8 Å². The van der Waals surface area contributed by atoms with E-state index in [2.05, 4.69) is 32.2 Å². The molecule has 0 spiro atoms. The van der Waals surface area contributed by atoms with Crippen LogP contribution in [0.15, 0.2) is 12.2 Å². The van der Waals surface area contributed by atoms with Crippen LogP contribution in [0.25, 0.3) is 0 Å². The van der Waals surface area contributed by atoms with Crippen molar-refractivity contribution in [1.82, 2.24) is 0 Å². The lowest BCUT2D eigenvalue weighted by Crippen LogP contribution is -2.29. The van der Waals surface area contributed by atoms with E-state index in [4.69, 9.17) is 4.74 Å². The molecular formula is C11H22OSi. The van der Waals surface area contributed by atoms with Gasteiger partial charge in [0.2, 0.25) is 0 Å². The van der Waals surface area contributed by atoms with Crippen LogP contribution < -0.4 is 0 Å². The predicted octanol–water partition coefficient (Wildman–Crippen LogP) is 3.45. The van der Waals surface area contributed by atoms with Gasteiger partial charge in [-0.25, -0.2) is 0 Å². The van der Waals surface area contributed by atoms with Crippen LogP contribution in [0.4, 0.5) is 0 Å². The summed E-state index contributed by atoms with van der Waals surface area (Å²) in [6.07, 6.45) is 7.40. The lowest BCUT2D eigenvalue weighted by molar-refractivity contribution is 0.0973. The van der Waals surface area contributed by atoms with Gasteiger partial charge in [0.05, 0.1) is 14.2 Å². The normalized spacial score (nSPS) is 27.2. The average molecular weight is 198 g/mol. The van der Waals surface area contributed by atoms with Gasteiger partial charge in [0.25, 0.3) is 0 Å². The summed E-state index contributed by atoms with van der Waals surface area (Å²) in [5, 5.41) is 0. The van der Waals surface area contributed by atoms with Crippen LogP contribution in [0.2, 0.25) is 25.2 Å². The van der Waals surface area contributed by atoms with Gasteiger partial charge in [-0.3, -0.25) is 0 Å². The van der Waals surface area contributed by atoms with E-state index in [0.29, 0.717) is 6.10 Å². The summed E-state index contributed by atoms with van der Waals surface area (Å²) in [6, 6.07) is 2.74. The summed E-state index contributed by atoms with van der Waals surface area (Å²) in [6.45, 7) is 8.03. The maximum absolute atomic E-state index is 5.80. The molecule has 1 nitrogen and oxygen atoms in total. The van der Waals surface area contributed by atoms with Gasteiger partial charge in [-0.05, 0) is 18.9 Å². The van der Waals surface area contributed by atoms with Crippen molar-refractivity contribution < 1.29 is 4.74 Å². The molecule has 0 saturated heterocycles. The fourth-order valence-electron chi connectivity index (χ4n) is 1.82. The van der Waals surface area contributed by atoms with Crippen molar-refractivity contribution >= 4 is 8.07 Å². The molecule has 2 heteroatoms. The molecule has 1 aliphatic heterocycles. The third-order valence-corrected chi connectivity index (χ3v) is 5.78. The second-order valence-electron chi connectivity index (χ2n) is 4.74. The van der Waals surface area contributed by atoms with Crippen molar-refractivity contribution in [3.05, 3.63) is 12.2 Å². The highest BCUT2D eigenvalue weighted by molar-refractivity contribution is 6.77. The molecule has 0 aromatic heterocycles. The molecule has 0 fully saturated rings. The first kappa shape index (κ1) is 11.0. The minimum absolute atomic E-state index is 0.420. The van der Waals surface area contributed by atoms with Gasteiger partial charge < -0.3 is 4.74 Å². The highest BCUT2D eigenvalue weighted by atomic mass is 28.3. The number of ether oxygens (including phenoxy) is 1. The fourth-order valence-corrected chi connectivity index (χ4v) is 4.32. The maximum Gasteiger partial charge on any atom is 0.0732 e. The van der Waals surface area contributed by atoms with Crippen molar-refractivity contribution in [1.29, 1.82) is 0 Å². The van der Waals surface area contributed by atoms with Crippen LogP contribution in [-0.2, 0) is 4.74 Å². The largest absolute Gasteiger partial charge is 0.374 e. The van der Waals surface area contributed by atoms with Gasteiger partial charge in [0.15, 0.2) is 0 Å². The monoisotopic (exact) mass is 198 g/mol. The molecule has 0 aromatic rings. The van der Waals surface area contributed by atoms with Crippen molar-refractivity contribution in [3.63, 3.8) is 0 Å². The van der Waals surface area contributed by atoms with Gasteiger partial charge in [0, 0.05) is 6.61 Å². The maximum atomic E-state index is 5.80. The third kappa shape index (κ3) is 4.10. The molecule has 13 heavy (non-hydrogen) atoms. The smallest absolute Gasteiger partial charge is 0.0732 e. The Balaban J connectivity index is 2.43. The first-order valence-corrected chi connectivity index (χ1v) is 8.84. The first-order chi connectivity index (χ1) is 6.14. The molecule has 76 valence electrons. The minimum Gasteiger partial charge on any atom is -0.374 e. The van der Waals surface area contributed by atoms with E-state index in [9.17, 15) is 0 Å². The van der Waals surface area contributed by atoms with E-state index >= 15 is 0 Å². The Morgan fingerprint density at radius 2 is 2.23 bits per heavy atom. The number of allylic oxidation sites excluding steroid dienone is 1. The van der Waals surface area contributed by atoms with E-state index in [1.54, 1.807) is 0 Å². The molecule has 0 amide bonds. The van der Waals surface area contributed by atoms with E-state index in [-0.39, 0.29) is 0 Å². The molecule has 0 N–H and O–H groups in total. The quantitative estimate of drug-likeness (QED) is 0.498. The second kappa shape index (κ2) is 4.96. The molecule has 1 atom stereocenters. The second-order valence-corrected chi connectivity index (χ2v) is 9.98. The summed E-state index contributed by atoms with van der Waals surface area (Å²) in [5.41, 5.74) is 0. The lowest BCUT2D eigenvalue weighted by atomic mass is 10.3.